The molecule has 0 amide bonds. The van der Waals surface area contributed by atoms with Crippen molar-refractivity contribution in [3.63, 3.8) is 0 Å². The molecule has 0 saturated heterocycles. The number of rotatable bonds is 4. The molecule has 0 saturated carbocycles. The van der Waals surface area contributed by atoms with Gasteiger partial charge in [-0.1, -0.05) is 60.2 Å². The molecule has 0 radical (unpaired) electrons. The summed E-state index contributed by atoms with van der Waals surface area (Å²) in [6, 6.07) is 22.0. The molecule has 1 heterocycles. The Balaban J connectivity index is 1.48. The van der Waals surface area contributed by atoms with E-state index in [1.54, 1.807) is 30.4 Å². The van der Waals surface area contributed by atoms with Crippen LogP contribution < -0.4 is 9.47 Å². The second kappa shape index (κ2) is 7.98. The van der Waals surface area contributed by atoms with E-state index in [0.717, 1.165) is 16.7 Å². The van der Waals surface area contributed by atoms with Crippen LogP contribution >= 0.6 is 0 Å². The number of hydrogen-bond donors (Lipinski definition) is 0. The van der Waals surface area contributed by atoms with Crippen molar-refractivity contribution in [1.82, 2.24) is 0 Å². The van der Waals surface area contributed by atoms with Crippen molar-refractivity contribution in [2.45, 2.75) is 6.92 Å². The van der Waals surface area contributed by atoms with Crippen LogP contribution in [-0.2, 0) is 4.79 Å². The maximum atomic E-state index is 12.5. The van der Waals surface area contributed by atoms with E-state index in [1.807, 2.05) is 61.5 Å². The van der Waals surface area contributed by atoms with E-state index in [0.29, 0.717) is 17.1 Å². The first-order chi connectivity index (χ1) is 14.1. The number of Topliss-reactive ketones (excluding diaryl/α,β-unsaturated/α-hetero) is 1. The van der Waals surface area contributed by atoms with E-state index in [-0.39, 0.29) is 11.5 Å². The molecule has 142 valence electrons. The van der Waals surface area contributed by atoms with Crippen LogP contribution in [0.2, 0.25) is 0 Å². The molecule has 0 aromatic heterocycles. The number of fused-ring (bicyclic) bond motifs is 1. The van der Waals surface area contributed by atoms with Gasteiger partial charge in [0.05, 0.1) is 5.56 Å². The standard InChI is InChI=1S/C25H18O4/c1-17-7-9-19(10-8-17)15-23-25(27)21-13-12-20(16-22(21)29-23)28-24(26)14-11-18-5-3-2-4-6-18/h2-16H,1H3/b14-11+,23-15-. The van der Waals surface area contributed by atoms with E-state index in [2.05, 4.69) is 0 Å². The quantitative estimate of drug-likeness (QED) is 0.352. The molecule has 0 aliphatic carbocycles. The molecule has 4 nitrogen and oxygen atoms in total. The molecule has 0 spiro atoms. The molecule has 0 N–H and O–H groups in total. The average molecular weight is 382 g/mol. The Morgan fingerprint density at radius 2 is 1.69 bits per heavy atom. The summed E-state index contributed by atoms with van der Waals surface area (Å²) in [6.07, 6.45) is 4.74. The summed E-state index contributed by atoms with van der Waals surface area (Å²) in [5, 5.41) is 0. The summed E-state index contributed by atoms with van der Waals surface area (Å²) < 4.78 is 11.0. The third kappa shape index (κ3) is 4.33. The number of benzene rings is 3. The normalized spacial score (nSPS) is 14.1. The van der Waals surface area contributed by atoms with Crippen LogP contribution in [-0.4, -0.2) is 11.8 Å². The van der Waals surface area contributed by atoms with E-state index in [9.17, 15) is 9.59 Å². The minimum absolute atomic E-state index is 0.192. The number of ketones is 1. The molecule has 3 aromatic rings. The molecule has 1 aliphatic rings. The minimum atomic E-state index is -0.506. The molecular weight excluding hydrogens is 364 g/mol. The Labute approximate surface area is 168 Å². The van der Waals surface area contributed by atoms with E-state index < -0.39 is 5.97 Å². The number of ether oxygens (including phenoxy) is 2. The zero-order valence-corrected chi connectivity index (χ0v) is 15.8. The monoisotopic (exact) mass is 382 g/mol. The van der Waals surface area contributed by atoms with Crippen LogP contribution in [0.15, 0.2) is 84.6 Å². The molecule has 1 aliphatic heterocycles. The zero-order chi connectivity index (χ0) is 20.2. The predicted molar refractivity (Wildman–Crippen MR) is 112 cm³/mol. The number of aryl methyl sites for hydroxylation is 1. The van der Waals surface area contributed by atoms with Gasteiger partial charge in [0.1, 0.15) is 11.5 Å². The summed E-state index contributed by atoms with van der Waals surface area (Å²) in [7, 11) is 0. The van der Waals surface area contributed by atoms with Crippen LogP contribution in [0, 0.1) is 6.92 Å². The highest BCUT2D eigenvalue weighted by Crippen LogP contribution is 2.35. The van der Waals surface area contributed by atoms with E-state index in [1.165, 1.54) is 6.08 Å². The molecule has 29 heavy (non-hydrogen) atoms. The first-order valence-electron chi connectivity index (χ1n) is 9.18. The topological polar surface area (TPSA) is 52.6 Å². The molecule has 0 unspecified atom stereocenters. The molecule has 0 bridgehead atoms. The number of esters is 1. The van der Waals surface area contributed by atoms with Crippen LogP contribution in [0.25, 0.3) is 12.2 Å². The maximum absolute atomic E-state index is 12.5. The van der Waals surface area contributed by atoms with Crippen molar-refractivity contribution in [1.29, 1.82) is 0 Å². The fraction of sp³-hybridized carbons (Fsp3) is 0.0400. The van der Waals surface area contributed by atoms with Gasteiger partial charge in [0.15, 0.2) is 5.76 Å². The third-order valence-corrected chi connectivity index (χ3v) is 4.45. The largest absolute Gasteiger partial charge is 0.452 e. The van der Waals surface area contributed by atoms with Crippen molar-refractivity contribution in [2.75, 3.05) is 0 Å². The van der Waals surface area contributed by atoms with Gasteiger partial charge in [-0.15, -0.1) is 0 Å². The SMILES string of the molecule is Cc1ccc(/C=C2\Oc3cc(OC(=O)/C=C/c4ccccc4)ccc3C2=O)cc1. The Kier molecular flexibility index (Phi) is 5.08. The number of carbonyl (C=O) groups excluding carboxylic acids is 2. The van der Waals surface area contributed by atoms with Crippen molar-refractivity contribution in [2.24, 2.45) is 0 Å². The molecule has 4 heteroatoms. The van der Waals surface area contributed by atoms with Gasteiger partial charge in [0, 0.05) is 12.1 Å². The first kappa shape index (κ1) is 18.4. The highest BCUT2D eigenvalue weighted by Gasteiger charge is 2.27. The maximum Gasteiger partial charge on any atom is 0.336 e. The van der Waals surface area contributed by atoms with Crippen molar-refractivity contribution < 1.29 is 19.1 Å². The van der Waals surface area contributed by atoms with Gasteiger partial charge >= 0.3 is 5.97 Å². The lowest BCUT2D eigenvalue weighted by molar-refractivity contribution is -0.128. The lowest BCUT2D eigenvalue weighted by atomic mass is 10.1. The van der Waals surface area contributed by atoms with Gasteiger partial charge in [-0.3, -0.25) is 4.79 Å². The first-order valence-corrected chi connectivity index (χ1v) is 9.18. The molecule has 3 aromatic carbocycles. The van der Waals surface area contributed by atoms with Crippen LogP contribution in [0.3, 0.4) is 0 Å². The Hall–Kier alpha value is -3.92. The van der Waals surface area contributed by atoms with E-state index in [4.69, 9.17) is 9.47 Å². The van der Waals surface area contributed by atoms with Gasteiger partial charge in [-0.2, -0.15) is 0 Å². The van der Waals surface area contributed by atoms with Gasteiger partial charge < -0.3 is 9.47 Å². The highest BCUT2D eigenvalue weighted by atomic mass is 16.5. The Morgan fingerprint density at radius 3 is 2.45 bits per heavy atom. The Bertz CT molecular complexity index is 1120. The summed E-state index contributed by atoms with van der Waals surface area (Å²) in [5.74, 6) is 0.244. The van der Waals surface area contributed by atoms with Crippen LogP contribution in [0.5, 0.6) is 11.5 Å². The summed E-state index contributed by atoms with van der Waals surface area (Å²) in [5.41, 5.74) is 3.37. The van der Waals surface area contributed by atoms with Gasteiger partial charge in [0.2, 0.25) is 5.78 Å². The number of allylic oxidation sites excluding steroid dienone is 1. The lowest BCUT2D eigenvalue weighted by Crippen LogP contribution is -2.03. The van der Waals surface area contributed by atoms with Gasteiger partial charge in [0.25, 0.3) is 0 Å². The average Bonchev–Trinajstić information content (AvgIpc) is 3.04. The summed E-state index contributed by atoms with van der Waals surface area (Å²) >= 11 is 0. The highest BCUT2D eigenvalue weighted by molar-refractivity contribution is 6.14. The van der Waals surface area contributed by atoms with Crippen molar-refractivity contribution >= 4 is 23.9 Å². The third-order valence-electron chi connectivity index (χ3n) is 4.45. The predicted octanol–water partition coefficient (Wildman–Crippen LogP) is 5.23. The summed E-state index contributed by atoms with van der Waals surface area (Å²) in [6.45, 7) is 2.00. The number of hydrogen-bond acceptors (Lipinski definition) is 4. The minimum Gasteiger partial charge on any atom is -0.452 e. The molecule has 0 fully saturated rings. The molecule has 0 atom stereocenters. The van der Waals surface area contributed by atoms with Crippen molar-refractivity contribution in [3.05, 3.63) is 107 Å². The molecular formula is C25H18O4. The lowest BCUT2D eigenvalue weighted by Gasteiger charge is -2.03. The van der Waals surface area contributed by atoms with Gasteiger partial charge in [-0.05, 0) is 42.3 Å². The fourth-order valence-corrected chi connectivity index (χ4v) is 2.92. The van der Waals surface area contributed by atoms with Crippen molar-refractivity contribution in [3.8, 4) is 11.5 Å². The van der Waals surface area contributed by atoms with Crippen LogP contribution in [0.4, 0.5) is 0 Å². The molecule has 4 rings (SSSR count). The number of carbonyl (C=O) groups is 2. The smallest absolute Gasteiger partial charge is 0.336 e. The zero-order valence-electron chi connectivity index (χ0n) is 15.8. The Morgan fingerprint density at radius 1 is 0.931 bits per heavy atom. The van der Waals surface area contributed by atoms with Crippen LogP contribution in [0.1, 0.15) is 27.0 Å². The summed E-state index contributed by atoms with van der Waals surface area (Å²) in [4.78, 5) is 24.6. The van der Waals surface area contributed by atoms with Gasteiger partial charge in [-0.25, -0.2) is 4.79 Å². The second-order valence-electron chi connectivity index (χ2n) is 6.67. The second-order valence-corrected chi connectivity index (χ2v) is 6.67. The van der Waals surface area contributed by atoms with E-state index >= 15 is 0 Å². The fourth-order valence-electron chi connectivity index (χ4n) is 2.92.